The van der Waals surface area contributed by atoms with E-state index in [0.717, 1.165) is 15.8 Å². The Hall–Kier alpha value is -1.80. The molecule has 1 atom stereocenters. The Morgan fingerprint density at radius 1 is 1.24 bits per heavy atom. The lowest BCUT2D eigenvalue weighted by Gasteiger charge is -2.16. The van der Waals surface area contributed by atoms with Crippen molar-refractivity contribution in [1.82, 2.24) is 10.2 Å². The number of anilines is 1. The summed E-state index contributed by atoms with van der Waals surface area (Å²) in [5, 5.41) is 11.4. The van der Waals surface area contributed by atoms with Crippen molar-refractivity contribution in [3.8, 4) is 11.5 Å². The largest absolute Gasteiger partial charge is 0.497 e. The van der Waals surface area contributed by atoms with Gasteiger partial charge in [-0.05, 0) is 36.6 Å². The number of rotatable bonds is 9. The number of nitrogens with one attached hydrogen (secondary N) is 1. The molecule has 0 aliphatic heterocycles. The molecule has 0 radical (unpaired) electrons. The molecule has 8 heteroatoms. The molecule has 1 amide bonds. The second kappa shape index (κ2) is 9.62. The monoisotopic (exact) mass is 381 g/mol. The van der Waals surface area contributed by atoms with Gasteiger partial charge in [-0.25, -0.2) is 0 Å². The van der Waals surface area contributed by atoms with Crippen LogP contribution in [0.25, 0.3) is 0 Å². The van der Waals surface area contributed by atoms with Crippen LogP contribution < -0.4 is 14.8 Å². The highest BCUT2D eigenvalue weighted by atomic mass is 32.2. The molecule has 136 valence electrons. The van der Waals surface area contributed by atoms with E-state index in [1.54, 1.807) is 43.1 Å². The Labute approximate surface area is 156 Å². The first kappa shape index (κ1) is 19.5. The predicted molar refractivity (Wildman–Crippen MR) is 102 cm³/mol. The molecule has 1 unspecified atom stereocenters. The molecule has 1 aromatic heterocycles. The van der Waals surface area contributed by atoms with Gasteiger partial charge < -0.3 is 9.47 Å². The van der Waals surface area contributed by atoms with Crippen molar-refractivity contribution in [3.63, 3.8) is 0 Å². The number of benzene rings is 1. The minimum Gasteiger partial charge on any atom is -0.497 e. The summed E-state index contributed by atoms with van der Waals surface area (Å²) in [5.41, 5.74) is 0. The van der Waals surface area contributed by atoms with Crippen LogP contribution in [-0.4, -0.2) is 35.1 Å². The van der Waals surface area contributed by atoms with E-state index in [9.17, 15) is 4.79 Å². The van der Waals surface area contributed by atoms with E-state index in [0.29, 0.717) is 23.2 Å². The number of methoxy groups -OCH3 is 1. The predicted octanol–water partition coefficient (Wildman–Crippen LogP) is 4.09. The van der Waals surface area contributed by atoms with Crippen LogP contribution in [0.1, 0.15) is 27.2 Å². The third-order valence-electron chi connectivity index (χ3n) is 3.18. The van der Waals surface area contributed by atoms with E-state index < -0.39 is 6.10 Å². The molecule has 0 aliphatic carbocycles. The molecule has 6 nitrogen and oxygen atoms in total. The van der Waals surface area contributed by atoms with Gasteiger partial charge in [0.1, 0.15) is 11.5 Å². The van der Waals surface area contributed by atoms with Crippen molar-refractivity contribution < 1.29 is 14.3 Å². The molecule has 0 aliphatic rings. The quantitative estimate of drug-likeness (QED) is 0.521. The van der Waals surface area contributed by atoms with Crippen molar-refractivity contribution >= 4 is 34.1 Å². The summed E-state index contributed by atoms with van der Waals surface area (Å²) < 4.78 is 11.7. The van der Waals surface area contributed by atoms with Gasteiger partial charge in [0.15, 0.2) is 10.4 Å². The second-order valence-corrected chi connectivity index (χ2v) is 8.00. The van der Waals surface area contributed by atoms with Crippen molar-refractivity contribution in [1.29, 1.82) is 0 Å². The summed E-state index contributed by atoms with van der Waals surface area (Å²) in [6.45, 7) is 6.20. The molecular weight excluding hydrogens is 358 g/mol. The zero-order valence-electron chi connectivity index (χ0n) is 14.8. The highest BCUT2D eigenvalue weighted by Gasteiger charge is 2.20. The van der Waals surface area contributed by atoms with Crippen LogP contribution in [0.3, 0.4) is 0 Å². The maximum absolute atomic E-state index is 12.4. The van der Waals surface area contributed by atoms with Crippen molar-refractivity contribution in [2.75, 3.05) is 18.2 Å². The Morgan fingerprint density at radius 3 is 2.52 bits per heavy atom. The van der Waals surface area contributed by atoms with Crippen molar-refractivity contribution in [2.45, 2.75) is 37.6 Å². The lowest BCUT2D eigenvalue weighted by Crippen LogP contribution is -2.32. The Balaban J connectivity index is 1.92. The van der Waals surface area contributed by atoms with Crippen LogP contribution in [0.5, 0.6) is 11.5 Å². The molecule has 1 aromatic carbocycles. The number of nitrogens with zero attached hydrogens (tertiary/aromatic N) is 2. The minimum absolute atomic E-state index is 0.227. The highest BCUT2D eigenvalue weighted by molar-refractivity contribution is 8.01. The van der Waals surface area contributed by atoms with Crippen LogP contribution in [0.15, 0.2) is 28.6 Å². The molecule has 2 rings (SSSR count). The maximum atomic E-state index is 12.4. The smallest absolute Gasteiger partial charge is 0.267 e. The van der Waals surface area contributed by atoms with Gasteiger partial charge in [-0.1, -0.05) is 43.9 Å². The molecular formula is C17H23N3O3S2. The number of carbonyl (C=O) groups is 1. The third kappa shape index (κ3) is 6.21. The van der Waals surface area contributed by atoms with Gasteiger partial charge in [0.25, 0.3) is 5.91 Å². The first-order valence-corrected chi connectivity index (χ1v) is 9.90. The number of ether oxygens (including phenoxy) is 2. The van der Waals surface area contributed by atoms with Crippen LogP contribution in [0.4, 0.5) is 5.13 Å². The maximum Gasteiger partial charge on any atom is 0.267 e. The van der Waals surface area contributed by atoms with Crippen LogP contribution in [0, 0.1) is 5.92 Å². The third-order valence-corrected chi connectivity index (χ3v) is 5.58. The van der Waals surface area contributed by atoms with E-state index in [1.807, 2.05) is 6.92 Å². The topological polar surface area (TPSA) is 73.3 Å². The van der Waals surface area contributed by atoms with E-state index in [2.05, 4.69) is 29.4 Å². The molecule has 0 spiro atoms. The molecule has 1 heterocycles. The Bertz CT molecular complexity index is 674. The van der Waals surface area contributed by atoms with E-state index >= 15 is 0 Å². The number of aromatic nitrogens is 2. The van der Waals surface area contributed by atoms with Gasteiger partial charge in [0, 0.05) is 5.75 Å². The fourth-order valence-corrected chi connectivity index (χ4v) is 3.61. The fraction of sp³-hybridized carbons (Fsp3) is 0.471. The van der Waals surface area contributed by atoms with E-state index in [1.165, 1.54) is 11.3 Å². The summed E-state index contributed by atoms with van der Waals surface area (Å²) in [5.74, 6) is 2.68. The molecule has 25 heavy (non-hydrogen) atoms. The van der Waals surface area contributed by atoms with Crippen molar-refractivity contribution in [2.24, 2.45) is 5.92 Å². The Kier molecular flexibility index (Phi) is 7.52. The number of amides is 1. The summed E-state index contributed by atoms with van der Waals surface area (Å²) in [7, 11) is 1.61. The molecule has 0 saturated heterocycles. The minimum atomic E-state index is -0.593. The molecule has 0 saturated carbocycles. The van der Waals surface area contributed by atoms with Crippen LogP contribution >= 0.6 is 23.1 Å². The number of hydrogen-bond acceptors (Lipinski definition) is 7. The van der Waals surface area contributed by atoms with Gasteiger partial charge in [-0.2, -0.15) is 0 Å². The van der Waals surface area contributed by atoms with Crippen LogP contribution in [0.2, 0.25) is 0 Å². The molecule has 0 bridgehead atoms. The van der Waals surface area contributed by atoms with Gasteiger partial charge >= 0.3 is 0 Å². The van der Waals surface area contributed by atoms with Gasteiger partial charge in [-0.3, -0.25) is 10.1 Å². The standard InChI is InChI=1S/C17H23N3O3S2/c1-5-14(23-13-8-6-12(22-4)7-9-13)15(21)18-16-19-20-17(25-16)24-10-11(2)3/h6-9,11,14H,5,10H2,1-4H3,(H,18,19,21). The van der Waals surface area contributed by atoms with E-state index in [4.69, 9.17) is 9.47 Å². The average Bonchev–Trinajstić information content (AvgIpc) is 3.05. The lowest BCUT2D eigenvalue weighted by molar-refractivity contribution is -0.122. The number of carbonyl (C=O) groups excluding carboxylic acids is 1. The second-order valence-electron chi connectivity index (χ2n) is 5.76. The zero-order chi connectivity index (χ0) is 18.2. The average molecular weight is 382 g/mol. The van der Waals surface area contributed by atoms with Gasteiger partial charge in [0.2, 0.25) is 5.13 Å². The summed E-state index contributed by atoms with van der Waals surface area (Å²) in [6.07, 6.45) is -0.0462. The molecule has 0 fully saturated rings. The first-order chi connectivity index (χ1) is 12.0. The van der Waals surface area contributed by atoms with Gasteiger partial charge in [0.05, 0.1) is 7.11 Å². The van der Waals surface area contributed by atoms with Crippen molar-refractivity contribution in [3.05, 3.63) is 24.3 Å². The van der Waals surface area contributed by atoms with Crippen LogP contribution in [-0.2, 0) is 4.79 Å². The highest BCUT2D eigenvalue weighted by Crippen LogP contribution is 2.27. The lowest BCUT2D eigenvalue weighted by atomic mass is 10.2. The number of hydrogen-bond donors (Lipinski definition) is 1. The van der Waals surface area contributed by atoms with Gasteiger partial charge in [-0.15, -0.1) is 10.2 Å². The molecule has 2 aromatic rings. The summed E-state index contributed by atoms with van der Waals surface area (Å²) in [4.78, 5) is 12.4. The summed E-state index contributed by atoms with van der Waals surface area (Å²) >= 11 is 3.03. The number of thioether (sulfide) groups is 1. The summed E-state index contributed by atoms with van der Waals surface area (Å²) in [6, 6.07) is 7.15. The van der Waals surface area contributed by atoms with E-state index in [-0.39, 0.29) is 5.91 Å². The first-order valence-electron chi connectivity index (χ1n) is 8.09. The normalized spacial score (nSPS) is 12.0. The zero-order valence-corrected chi connectivity index (χ0v) is 16.4. The molecule has 1 N–H and O–H groups in total. The fourth-order valence-electron chi connectivity index (χ4n) is 1.88. The SMILES string of the molecule is CCC(Oc1ccc(OC)cc1)C(=O)Nc1nnc(SCC(C)C)s1. The Morgan fingerprint density at radius 2 is 1.92 bits per heavy atom.